The molecule has 1 aliphatic carbocycles. The van der Waals surface area contributed by atoms with Gasteiger partial charge in [0.15, 0.2) is 0 Å². The Morgan fingerprint density at radius 2 is 1.81 bits per heavy atom. The second kappa shape index (κ2) is 12.4. The summed E-state index contributed by atoms with van der Waals surface area (Å²) in [6.07, 6.45) is 7.65. The average molecular weight is 517 g/mol. The summed E-state index contributed by atoms with van der Waals surface area (Å²) in [6.45, 7) is 6.66. The Morgan fingerprint density at radius 3 is 2.49 bits per heavy atom. The van der Waals surface area contributed by atoms with E-state index in [0.29, 0.717) is 31.7 Å². The molecular weight excluding hydrogens is 476 g/mol. The SMILES string of the molecule is COc1nc(OC2CC3C(=O)NC(C(=O)O)CCC=CCCCCN(C)C(=O)C3C2)cc(C(C)(C)C)n1. The minimum Gasteiger partial charge on any atom is -0.480 e. The molecule has 4 unspecified atom stereocenters. The van der Waals surface area contributed by atoms with Gasteiger partial charge in [0.2, 0.25) is 17.7 Å². The lowest BCUT2D eigenvalue weighted by Crippen LogP contribution is -2.46. The summed E-state index contributed by atoms with van der Waals surface area (Å²) in [6, 6.07) is 0.920. The predicted octanol–water partition coefficient (Wildman–Crippen LogP) is 3.10. The minimum absolute atomic E-state index is 0.126. The second-order valence-corrected chi connectivity index (χ2v) is 11.0. The number of nitrogens with zero attached hydrogens (tertiary/aromatic N) is 3. The molecule has 0 saturated heterocycles. The quantitative estimate of drug-likeness (QED) is 0.584. The summed E-state index contributed by atoms with van der Waals surface area (Å²) in [7, 11) is 3.24. The highest BCUT2D eigenvalue weighted by Gasteiger charge is 2.45. The van der Waals surface area contributed by atoms with E-state index >= 15 is 0 Å². The van der Waals surface area contributed by atoms with Gasteiger partial charge in [-0.1, -0.05) is 32.9 Å². The molecule has 1 saturated carbocycles. The van der Waals surface area contributed by atoms with Crippen molar-refractivity contribution in [3.63, 3.8) is 0 Å². The van der Waals surface area contributed by atoms with Crippen LogP contribution in [0.3, 0.4) is 0 Å². The zero-order chi connectivity index (χ0) is 27.2. The fourth-order valence-electron chi connectivity index (χ4n) is 4.80. The first-order chi connectivity index (χ1) is 17.5. The van der Waals surface area contributed by atoms with Crippen LogP contribution in [-0.2, 0) is 19.8 Å². The number of amides is 2. The summed E-state index contributed by atoms with van der Waals surface area (Å²) in [5.41, 5.74) is 0.478. The second-order valence-electron chi connectivity index (χ2n) is 11.0. The first-order valence-corrected chi connectivity index (χ1v) is 13.0. The largest absolute Gasteiger partial charge is 0.480 e. The number of hydrogen-bond acceptors (Lipinski definition) is 7. The molecule has 0 bridgehead atoms. The molecule has 10 heteroatoms. The number of hydrogen-bond donors (Lipinski definition) is 2. The monoisotopic (exact) mass is 516 g/mol. The van der Waals surface area contributed by atoms with Gasteiger partial charge in [-0.15, -0.1) is 0 Å². The van der Waals surface area contributed by atoms with Crippen molar-refractivity contribution in [3.05, 3.63) is 23.9 Å². The number of carbonyl (C=O) groups excluding carboxylic acids is 2. The summed E-state index contributed by atoms with van der Waals surface area (Å²) >= 11 is 0. The van der Waals surface area contributed by atoms with Gasteiger partial charge in [0.05, 0.1) is 24.6 Å². The highest BCUT2D eigenvalue weighted by molar-refractivity contribution is 5.90. The van der Waals surface area contributed by atoms with Crippen molar-refractivity contribution in [1.82, 2.24) is 20.2 Å². The van der Waals surface area contributed by atoms with Crippen LogP contribution in [0.25, 0.3) is 0 Å². The molecular formula is C27H40N4O6. The highest BCUT2D eigenvalue weighted by Crippen LogP contribution is 2.37. The number of fused-ring (bicyclic) bond motifs is 1. The molecule has 0 radical (unpaired) electrons. The molecule has 0 aromatic carbocycles. The third-order valence-corrected chi connectivity index (χ3v) is 6.99. The first kappa shape index (κ1) is 28.4. The van der Waals surface area contributed by atoms with Crippen LogP contribution in [0.5, 0.6) is 11.9 Å². The van der Waals surface area contributed by atoms with E-state index in [1.807, 2.05) is 32.9 Å². The van der Waals surface area contributed by atoms with Crippen molar-refractivity contribution in [2.24, 2.45) is 11.8 Å². The van der Waals surface area contributed by atoms with Crippen molar-refractivity contribution in [2.75, 3.05) is 20.7 Å². The van der Waals surface area contributed by atoms with Crippen molar-refractivity contribution >= 4 is 17.8 Å². The summed E-state index contributed by atoms with van der Waals surface area (Å²) in [5, 5.41) is 12.3. The lowest BCUT2D eigenvalue weighted by Gasteiger charge is -2.25. The van der Waals surface area contributed by atoms with E-state index in [9.17, 15) is 19.5 Å². The van der Waals surface area contributed by atoms with Crippen LogP contribution in [0.2, 0.25) is 0 Å². The van der Waals surface area contributed by atoms with E-state index in [0.717, 1.165) is 25.0 Å². The fourth-order valence-corrected chi connectivity index (χ4v) is 4.80. The molecule has 10 nitrogen and oxygen atoms in total. The Hall–Kier alpha value is -3.17. The number of ether oxygens (including phenoxy) is 2. The van der Waals surface area contributed by atoms with Gasteiger partial charge in [-0.2, -0.15) is 9.97 Å². The zero-order valence-electron chi connectivity index (χ0n) is 22.5. The van der Waals surface area contributed by atoms with Crippen molar-refractivity contribution in [2.45, 2.75) is 83.3 Å². The maximum atomic E-state index is 13.4. The van der Waals surface area contributed by atoms with Crippen molar-refractivity contribution in [1.29, 1.82) is 0 Å². The Morgan fingerprint density at radius 1 is 1.11 bits per heavy atom. The number of carboxylic acids is 1. The van der Waals surface area contributed by atoms with Crippen LogP contribution >= 0.6 is 0 Å². The lowest BCUT2D eigenvalue weighted by atomic mass is 9.92. The summed E-state index contributed by atoms with van der Waals surface area (Å²) in [5.74, 6) is -2.63. The van der Waals surface area contributed by atoms with E-state index in [1.165, 1.54) is 7.11 Å². The molecule has 204 valence electrons. The molecule has 2 heterocycles. The smallest absolute Gasteiger partial charge is 0.326 e. The van der Waals surface area contributed by atoms with Gasteiger partial charge < -0.3 is 24.8 Å². The van der Waals surface area contributed by atoms with Crippen LogP contribution in [0, 0.1) is 11.8 Å². The molecule has 1 aromatic heterocycles. The number of nitrogens with one attached hydrogen (secondary N) is 1. The van der Waals surface area contributed by atoms with Crippen LogP contribution in [0.1, 0.15) is 71.4 Å². The maximum Gasteiger partial charge on any atom is 0.326 e. The predicted molar refractivity (Wildman–Crippen MR) is 137 cm³/mol. The number of methoxy groups -OCH3 is 1. The lowest BCUT2D eigenvalue weighted by molar-refractivity contribution is -0.144. The molecule has 1 aliphatic heterocycles. The maximum absolute atomic E-state index is 13.4. The van der Waals surface area contributed by atoms with Gasteiger partial charge in [-0.05, 0) is 44.9 Å². The Balaban J connectivity index is 1.85. The number of allylic oxidation sites excluding steroid dienone is 2. The highest BCUT2D eigenvalue weighted by atomic mass is 16.5. The molecule has 4 atom stereocenters. The molecule has 2 N–H and O–H groups in total. The van der Waals surface area contributed by atoms with Gasteiger partial charge in [0.25, 0.3) is 0 Å². The summed E-state index contributed by atoms with van der Waals surface area (Å²) < 4.78 is 11.5. The Bertz CT molecular complexity index is 1010. The number of carbonyl (C=O) groups is 3. The fraction of sp³-hybridized carbons (Fsp3) is 0.667. The molecule has 0 spiro atoms. The molecule has 2 aliphatic rings. The van der Waals surface area contributed by atoms with Crippen molar-refractivity contribution < 1.29 is 29.0 Å². The number of aromatic nitrogens is 2. The summed E-state index contributed by atoms with van der Waals surface area (Å²) in [4.78, 5) is 49.0. The van der Waals surface area contributed by atoms with E-state index in [4.69, 9.17) is 9.47 Å². The van der Waals surface area contributed by atoms with E-state index < -0.39 is 35.9 Å². The molecule has 3 rings (SSSR count). The van der Waals surface area contributed by atoms with Crippen LogP contribution in [-0.4, -0.2) is 70.6 Å². The van der Waals surface area contributed by atoms with Crippen LogP contribution in [0.15, 0.2) is 18.2 Å². The minimum atomic E-state index is -1.08. The van der Waals surface area contributed by atoms with E-state index in [1.54, 1.807) is 18.0 Å². The standard InChI is InChI=1S/C27H40N4O6/c1-27(2,3)21-16-22(30-26(29-21)36-5)37-17-14-18-19(15-17)24(33)31(4)13-11-9-7-6-8-10-12-20(25(34)35)28-23(18)32/h6,8,16-20H,7,9-15H2,1-5H3,(H,28,32)(H,34,35). The molecule has 37 heavy (non-hydrogen) atoms. The topological polar surface area (TPSA) is 131 Å². The first-order valence-electron chi connectivity index (χ1n) is 13.0. The van der Waals surface area contributed by atoms with Crippen molar-refractivity contribution in [3.8, 4) is 11.9 Å². The van der Waals surface area contributed by atoms with Gasteiger partial charge >= 0.3 is 12.0 Å². The zero-order valence-corrected chi connectivity index (χ0v) is 22.5. The molecule has 2 amide bonds. The third-order valence-electron chi connectivity index (χ3n) is 6.99. The Labute approximate surface area is 218 Å². The number of aliphatic carboxylic acids is 1. The number of rotatable bonds is 4. The van der Waals surface area contributed by atoms with Gasteiger partial charge in [-0.3, -0.25) is 9.59 Å². The van der Waals surface area contributed by atoms with E-state index in [-0.39, 0.29) is 23.8 Å². The van der Waals surface area contributed by atoms with Gasteiger partial charge in [0.1, 0.15) is 12.1 Å². The van der Waals surface area contributed by atoms with E-state index in [2.05, 4.69) is 15.3 Å². The van der Waals surface area contributed by atoms with Crippen LogP contribution < -0.4 is 14.8 Å². The van der Waals surface area contributed by atoms with Gasteiger partial charge in [-0.25, -0.2) is 4.79 Å². The normalized spacial score (nSPS) is 26.0. The molecule has 1 fully saturated rings. The third kappa shape index (κ3) is 7.66. The van der Waals surface area contributed by atoms with Gasteiger partial charge in [0, 0.05) is 25.1 Å². The Kier molecular flexibility index (Phi) is 9.50. The molecule has 1 aromatic rings. The average Bonchev–Trinajstić information content (AvgIpc) is 3.26. The number of carboxylic acid groups (broad SMARTS) is 1. The van der Waals surface area contributed by atoms with Crippen LogP contribution in [0.4, 0.5) is 0 Å².